The molecular formula is C22H20N4O. The van der Waals surface area contributed by atoms with Crippen LogP contribution in [0.4, 0.5) is 17.2 Å². The van der Waals surface area contributed by atoms with Gasteiger partial charge in [0, 0.05) is 17.6 Å². The highest BCUT2D eigenvalue weighted by Crippen LogP contribution is 2.36. The minimum Gasteiger partial charge on any atom is -0.436 e. The summed E-state index contributed by atoms with van der Waals surface area (Å²) in [6.07, 6.45) is 1.48. The summed E-state index contributed by atoms with van der Waals surface area (Å²) in [7, 11) is 0. The lowest BCUT2D eigenvalue weighted by Gasteiger charge is -2.23. The molecule has 0 amide bonds. The minimum atomic E-state index is 0.353. The monoisotopic (exact) mass is 356 g/mol. The van der Waals surface area contributed by atoms with Crippen molar-refractivity contribution in [3.05, 3.63) is 79.1 Å². The van der Waals surface area contributed by atoms with Crippen molar-refractivity contribution in [1.82, 2.24) is 9.97 Å². The molecule has 0 atom stereocenters. The molecule has 1 heterocycles. The third kappa shape index (κ3) is 3.27. The van der Waals surface area contributed by atoms with Gasteiger partial charge >= 0.3 is 0 Å². The summed E-state index contributed by atoms with van der Waals surface area (Å²) in [6, 6.07) is 24.0. The maximum atomic E-state index is 6.40. The molecule has 0 radical (unpaired) electrons. The van der Waals surface area contributed by atoms with Crippen molar-refractivity contribution < 1.29 is 4.74 Å². The van der Waals surface area contributed by atoms with E-state index in [1.807, 2.05) is 77.7 Å². The largest absolute Gasteiger partial charge is 0.436 e. The van der Waals surface area contributed by atoms with Crippen molar-refractivity contribution >= 4 is 28.0 Å². The van der Waals surface area contributed by atoms with Gasteiger partial charge in [-0.3, -0.25) is 0 Å². The third-order valence-electron chi connectivity index (χ3n) is 4.42. The van der Waals surface area contributed by atoms with Gasteiger partial charge < -0.3 is 15.4 Å². The summed E-state index contributed by atoms with van der Waals surface area (Å²) < 4.78 is 6.09. The maximum absolute atomic E-state index is 6.40. The molecule has 0 unspecified atom stereocenters. The Kier molecular flexibility index (Phi) is 4.58. The number of anilines is 3. The zero-order valence-electron chi connectivity index (χ0n) is 15.0. The van der Waals surface area contributed by atoms with E-state index in [0.29, 0.717) is 23.1 Å². The molecule has 4 aromatic rings. The van der Waals surface area contributed by atoms with Crippen molar-refractivity contribution in [3.8, 4) is 11.6 Å². The normalized spacial score (nSPS) is 10.7. The highest BCUT2D eigenvalue weighted by molar-refractivity contribution is 5.88. The number of aromatic nitrogens is 2. The quantitative estimate of drug-likeness (QED) is 0.535. The second-order valence-electron chi connectivity index (χ2n) is 6.08. The van der Waals surface area contributed by atoms with E-state index >= 15 is 0 Å². The van der Waals surface area contributed by atoms with Crippen LogP contribution in [0.5, 0.6) is 11.6 Å². The molecule has 4 rings (SSSR count). The van der Waals surface area contributed by atoms with Gasteiger partial charge in [-0.2, -0.15) is 4.98 Å². The fraction of sp³-hybridized carbons (Fsp3) is 0.0909. The first kappa shape index (κ1) is 16.8. The lowest BCUT2D eigenvalue weighted by molar-refractivity contribution is 0.469. The Morgan fingerprint density at radius 3 is 2.44 bits per heavy atom. The molecule has 27 heavy (non-hydrogen) atoms. The zero-order chi connectivity index (χ0) is 18.6. The van der Waals surface area contributed by atoms with Gasteiger partial charge in [-0.1, -0.05) is 54.6 Å². The molecule has 1 aromatic heterocycles. The van der Waals surface area contributed by atoms with E-state index in [-0.39, 0.29) is 0 Å². The highest BCUT2D eigenvalue weighted by Gasteiger charge is 2.17. The Morgan fingerprint density at radius 1 is 0.889 bits per heavy atom. The fourth-order valence-electron chi connectivity index (χ4n) is 3.12. The average molecular weight is 356 g/mol. The van der Waals surface area contributed by atoms with E-state index in [0.717, 1.165) is 23.0 Å². The number of benzene rings is 3. The lowest BCUT2D eigenvalue weighted by atomic mass is 10.1. The predicted molar refractivity (Wildman–Crippen MR) is 110 cm³/mol. The van der Waals surface area contributed by atoms with Gasteiger partial charge in [0.05, 0.1) is 0 Å². The Labute approximate surface area is 158 Å². The molecule has 0 bridgehead atoms. The van der Waals surface area contributed by atoms with Gasteiger partial charge in [0.1, 0.15) is 17.8 Å². The average Bonchev–Trinajstić information content (AvgIpc) is 2.72. The Morgan fingerprint density at radius 2 is 1.63 bits per heavy atom. The van der Waals surface area contributed by atoms with Crippen molar-refractivity contribution in [1.29, 1.82) is 0 Å². The molecule has 2 N–H and O–H groups in total. The van der Waals surface area contributed by atoms with Gasteiger partial charge in [0.15, 0.2) is 5.82 Å². The smallest absolute Gasteiger partial charge is 0.248 e. The predicted octanol–water partition coefficient (Wildman–Crippen LogP) is 5.16. The molecule has 134 valence electrons. The summed E-state index contributed by atoms with van der Waals surface area (Å²) in [5, 5.41) is 2.11. The van der Waals surface area contributed by atoms with Crippen molar-refractivity contribution in [2.24, 2.45) is 0 Å². The second kappa shape index (κ2) is 7.33. The van der Waals surface area contributed by atoms with Crippen LogP contribution in [-0.2, 0) is 0 Å². The Bertz CT molecular complexity index is 1060. The number of hydrogen-bond donors (Lipinski definition) is 1. The number of fused-ring (bicyclic) bond motifs is 1. The molecule has 0 spiro atoms. The third-order valence-corrected chi connectivity index (χ3v) is 4.42. The van der Waals surface area contributed by atoms with Crippen LogP contribution >= 0.6 is 0 Å². The van der Waals surface area contributed by atoms with E-state index in [1.54, 1.807) is 0 Å². The number of para-hydroxylation sites is 1. The molecule has 5 heteroatoms. The van der Waals surface area contributed by atoms with Crippen LogP contribution in [0.15, 0.2) is 79.1 Å². The summed E-state index contributed by atoms with van der Waals surface area (Å²) >= 11 is 0. The number of nitrogen functional groups attached to an aromatic ring is 1. The highest BCUT2D eigenvalue weighted by atomic mass is 16.5. The first-order valence-corrected chi connectivity index (χ1v) is 8.86. The van der Waals surface area contributed by atoms with Crippen LogP contribution in [0.2, 0.25) is 0 Å². The molecular weight excluding hydrogens is 336 g/mol. The Hall–Kier alpha value is -3.60. The van der Waals surface area contributed by atoms with Gasteiger partial charge in [-0.15, -0.1) is 0 Å². The van der Waals surface area contributed by atoms with Crippen LogP contribution in [0.25, 0.3) is 10.8 Å². The number of nitrogens with two attached hydrogens (primary N) is 1. The zero-order valence-corrected chi connectivity index (χ0v) is 15.0. The van der Waals surface area contributed by atoms with Gasteiger partial charge in [0.25, 0.3) is 0 Å². The van der Waals surface area contributed by atoms with Crippen LogP contribution < -0.4 is 15.4 Å². The number of hydrogen-bond acceptors (Lipinski definition) is 5. The summed E-state index contributed by atoms with van der Waals surface area (Å²) in [4.78, 5) is 10.7. The summed E-state index contributed by atoms with van der Waals surface area (Å²) in [5.74, 6) is 1.70. The van der Waals surface area contributed by atoms with Gasteiger partial charge in [-0.25, -0.2) is 4.98 Å². The first-order chi connectivity index (χ1) is 13.3. The van der Waals surface area contributed by atoms with Crippen molar-refractivity contribution in [2.45, 2.75) is 6.92 Å². The fourth-order valence-corrected chi connectivity index (χ4v) is 3.12. The first-order valence-electron chi connectivity index (χ1n) is 8.86. The molecule has 3 aromatic carbocycles. The molecule has 0 aliphatic heterocycles. The molecule has 0 saturated heterocycles. The molecule has 0 saturated carbocycles. The summed E-state index contributed by atoms with van der Waals surface area (Å²) in [6.45, 7) is 2.78. The molecule has 0 aliphatic carbocycles. The summed E-state index contributed by atoms with van der Waals surface area (Å²) in [5.41, 5.74) is 7.83. The van der Waals surface area contributed by atoms with E-state index < -0.39 is 0 Å². The maximum Gasteiger partial charge on any atom is 0.248 e. The Balaban J connectivity index is 1.74. The number of rotatable bonds is 5. The lowest BCUT2D eigenvalue weighted by Crippen LogP contribution is -2.19. The second-order valence-corrected chi connectivity index (χ2v) is 6.08. The van der Waals surface area contributed by atoms with Crippen molar-refractivity contribution in [2.75, 3.05) is 17.2 Å². The standard InChI is InChI=1S/C22H20N4O/c1-2-26(17-11-4-3-5-12-17)21-20(23)22(25-15-24-21)27-19-14-8-10-16-9-6-7-13-18(16)19/h3-15H,2,23H2,1H3. The minimum absolute atomic E-state index is 0.353. The molecule has 0 fully saturated rings. The number of ether oxygens (including phenoxy) is 1. The molecule has 5 nitrogen and oxygen atoms in total. The van der Waals surface area contributed by atoms with E-state index in [2.05, 4.69) is 16.9 Å². The van der Waals surface area contributed by atoms with Crippen molar-refractivity contribution in [3.63, 3.8) is 0 Å². The molecule has 0 aliphatic rings. The van der Waals surface area contributed by atoms with E-state index in [4.69, 9.17) is 10.5 Å². The van der Waals surface area contributed by atoms with Crippen LogP contribution in [0, 0.1) is 0 Å². The van der Waals surface area contributed by atoms with Crippen LogP contribution in [0.3, 0.4) is 0 Å². The van der Waals surface area contributed by atoms with E-state index in [9.17, 15) is 0 Å². The number of nitrogens with zero attached hydrogens (tertiary/aromatic N) is 3. The van der Waals surface area contributed by atoms with Crippen LogP contribution in [-0.4, -0.2) is 16.5 Å². The van der Waals surface area contributed by atoms with Crippen LogP contribution in [0.1, 0.15) is 6.92 Å². The van der Waals surface area contributed by atoms with Gasteiger partial charge in [0.2, 0.25) is 5.88 Å². The van der Waals surface area contributed by atoms with Gasteiger partial charge in [-0.05, 0) is 30.5 Å². The van der Waals surface area contributed by atoms with E-state index in [1.165, 1.54) is 6.33 Å². The SMILES string of the molecule is CCN(c1ccccc1)c1ncnc(Oc2cccc3ccccc23)c1N. The topological polar surface area (TPSA) is 64.3 Å².